The van der Waals surface area contributed by atoms with Crippen LogP contribution in [0.5, 0.6) is 23.0 Å². The molecule has 2 unspecified atom stereocenters. The quantitative estimate of drug-likeness (QED) is 0.123. The van der Waals surface area contributed by atoms with E-state index in [4.69, 9.17) is 14.2 Å². The number of hydrogen-bond donors (Lipinski definition) is 0. The number of aromatic nitrogens is 2. The van der Waals surface area contributed by atoms with Crippen molar-refractivity contribution in [2.45, 2.75) is 44.3 Å². The van der Waals surface area contributed by atoms with Crippen molar-refractivity contribution >= 4 is 41.2 Å². The van der Waals surface area contributed by atoms with Crippen molar-refractivity contribution in [3.8, 4) is 46.7 Å². The van der Waals surface area contributed by atoms with Gasteiger partial charge in [-0.15, -0.1) is 11.8 Å². The molecule has 0 amide bonds. The molecule has 12 rings (SSSR count). The van der Waals surface area contributed by atoms with E-state index in [9.17, 15) is 16.8 Å². The Bertz CT molecular complexity index is 3920. The Morgan fingerprint density at radius 2 is 0.760 bits per heavy atom. The van der Waals surface area contributed by atoms with Gasteiger partial charge in [-0.05, 0) is 165 Å². The first-order valence-electron chi connectivity index (χ1n) is 24.2. The predicted octanol–water partition coefficient (Wildman–Crippen LogP) is 12.4. The van der Waals surface area contributed by atoms with Crippen LogP contribution in [0.15, 0.2) is 226 Å². The molecule has 10 aromatic rings. The zero-order valence-electron chi connectivity index (χ0n) is 40.6. The number of rotatable bonds is 10. The largest absolute Gasteiger partial charge is 0.481 e. The molecule has 0 N–H and O–H groups in total. The number of ether oxygens (including phenoxy) is 3. The van der Waals surface area contributed by atoms with Crippen molar-refractivity contribution in [2.75, 3.05) is 13.2 Å². The van der Waals surface area contributed by atoms with Gasteiger partial charge in [-0.25, -0.2) is 16.8 Å². The van der Waals surface area contributed by atoms with Crippen LogP contribution in [0, 0.1) is 23.7 Å². The summed E-state index contributed by atoms with van der Waals surface area (Å²) >= 11 is 0. The zero-order chi connectivity index (χ0) is 51.4. The molecule has 364 valence electrons. The lowest BCUT2D eigenvalue weighted by Crippen LogP contribution is -2.37. The number of sulfone groups is 2. The highest BCUT2D eigenvalue weighted by atomic mass is 32.2. The van der Waals surface area contributed by atoms with Gasteiger partial charge in [0.2, 0.25) is 19.7 Å². The van der Waals surface area contributed by atoms with Crippen LogP contribution >= 0.6 is 0 Å². The fourth-order valence-electron chi connectivity index (χ4n) is 11.1. The fraction of sp³-hybridized carbons (Fsp3) is 0.0938. The Balaban J connectivity index is 0.957. The van der Waals surface area contributed by atoms with Gasteiger partial charge in [0, 0.05) is 24.8 Å². The molecule has 75 heavy (non-hydrogen) atoms. The fourth-order valence-corrected chi connectivity index (χ4v) is 14.5. The van der Waals surface area contributed by atoms with Crippen LogP contribution in [-0.2, 0) is 30.5 Å². The number of pyridine rings is 2. The Hall–Kier alpha value is -9.00. The molecule has 0 aliphatic carbocycles. The van der Waals surface area contributed by atoms with Crippen LogP contribution in [0.3, 0.4) is 0 Å². The van der Waals surface area contributed by atoms with Gasteiger partial charge < -0.3 is 14.2 Å². The maximum atomic E-state index is 14.4. The molecule has 0 saturated heterocycles. The SMILES string of the molecule is CC#CCOc1ccc2cc(C3(c4ccc(Oc5ccc(C6(c7ccc8cc(OCC#CC)ccc8c7)c7ccccc7S(=O)(=O)c7cnccc76)cc5)cc4)c4ccccc4S(=O)(=O)c4cnccc43)ccc2c1. The van der Waals surface area contributed by atoms with Gasteiger partial charge in [-0.1, -0.05) is 109 Å². The molecule has 0 radical (unpaired) electrons. The first-order valence-corrected chi connectivity index (χ1v) is 27.2. The van der Waals surface area contributed by atoms with E-state index in [1.807, 2.05) is 121 Å². The summed E-state index contributed by atoms with van der Waals surface area (Å²) in [6, 6.07) is 57.8. The van der Waals surface area contributed by atoms with E-state index < -0.39 is 30.5 Å². The van der Waals surface area contributed by atoms with E-state index in [0.29, 0.717) is 45.3 Å². The lowest BCUT2D eigenvalue weighted by atomic mass is 9.64. The Morgan fingerprint density at radius 1 is 0.400 bits per heavy atom. The monoisotopic (exact) mass is 1020 g/mol. The summed E-state index contributed by atoms with van der Waals surface area (Å²) in [6.45, 7) is 4.11. The highest BCUT2D eigenvalue weighted by Crippen LogP contribution is 2.56. The topological polar surface area (TPSA) is 122 Å². The van der Waals surface area contributed by atoms with Crippen LogP contribution in [-0.4, -0.2) is 40.0 Å². The summed E-state index contributed by atoms with van der Waals surface area (Å²) in [5.74, 6) is 14.1. The molecule has 11 heteroatoms. The zero-order valence-corrected chi connectivity index (χ0v) is 42.2. The molecule has 2 atom stereocenters. The molecule has 2 aromatic heterocycles. The molecule has 0 spiro atoms. The lowest BCUT2D eigenvalue weighted by molar-refractivity contribution is 0.370. The van der Waals surface area contributed by atoms with E-state index in [1.165, 1.54) is 12.4 Å². The smallest absolute Gasteiger partial charge is 0.208 e. The minimum absolute atomic E-state index is 0.140. The summed E-state index contributed by atoms with van der Waals surface area (Å²) < 4.78 is 76.1. The minimum Gasteiger partial charge on any atom is -0.481 e. The second-order valence-electron chi connectivity index (χ2n) is 18.3. The van der Waals surface area contributed by atoms with Gasteiger partial charge in [0.25, 0.3) is 0 Å². The summed E-state index contributed by atoms with van der Waals surface area (Å²) in [4.78, 5) is 9.35. The predicted molar refractivity (Wildman–Crippen MR) is 289 cm³/mol. The molecule has 2 aliphatic rings. The van der Waals surface area contributed by atoms with Crippen molar-refractivity contribution in [3.63, 3.8) is 0 Å². The van der Waals surface area contributed by atoms with Crippen LogP contribution < -0.4 is 14.2 Å². The lowest BCUT2D eigenvalue weighted by Gasteiger charge is -2.41. The van der Waals surface area contributed by atoms with Crippen LogP contribution in [0.2, 0.25) is 0 Å². The molecule has 0 bridgehead atoms. The van der Waals surface area contributed by atoms with Crippen molar-refractivity contribution in [1.82, 2.24) is 9.97 Å². The third kappa shape index (κ3) is 7.54. The van der Waals surface area contributed by atoms with Gasteiger partial charge in [-0.3, -0.25) is 9.97 Å². The van der Waals surface area contributed by atoms with E-state index >= 15 is 0 Å². The number of hydrogen-bond acceptors (Lipinski definition) is 9. The summed E-state index contributed by atoms with van der Waals surface area (Å²) in [6.07, 6.45) is 6.18. The van der Waals surface area contributed by atoms with Gasteiger partial charge in [0.05, 0.1) is 30.4 Å². The van der Waals surface area contributed by atoms with E-state index in [-0.39, 0.29) is 32.8 Å². The molecule has 0 saturated carbocycles. The average molecular weight is 1020 g/mol. The first kappa shape index (κ1) is 47.0. The number of nitrogens with zero attached hydrogens (tertiary/aromatic N) is 2. The van der Waals surface area contributed by atoms with E-state index in [1.54, 1.807) is 62.6 Å². The minimum atomic E-state index is -3.94. The maximum absolute atomic E-state index is 14.4. The Kier molecular flexibility index (Phi) is 11.6. The molecular weight excluding hydrogens is 973 g/mol. The maximum Gasteiger partial charge on any atom is 0.208 e. The third-order valence-electron chi connectivity index (χ3n) is 14.4. The Labute approximate surface area is 435 Å². The molecule has 0 fully saturated rings. The molecule has 9 nitrogen and oxygen atoms in total. The second kappa shape index (κ2) is 18.5. The summed E-state index contributed by atoms with van der Waals surface area (Å²) in [7, 11) is -7.88. The van der Waals surface area contributed by atoms with E-state index in [2.05, 4.69) is 57.9 Å². The molecule has 2 aliphatic heterocycles. The summed E-state index contributed by atoms with van der Waals surface area (Å²) in [5, 5.41) is 3.81. The van der Waals surface area contributed by atoms with Crippen LogP contribution in [0.25, 0.3) is 21.5 Å². The highest BCUT2D eigenvalue weighted by Gasteiger charge is 2.50. The standard InChI is InChI=1S/C64H44N2O7S2/c1-3-5-35-71-53-25-17-43-37-49(19-15-45(43)39-53)63(55-11-7-9-13-59(55)74(67,68)61-41-65-33-31-57(61)63)47-21-27-51(28-22-47)73-52-29-23-48(24-30-52)64(50-20-16-46-40-54(72-36-6-4-2)26-18-44(46)38-50)56-12-8-10-14-60(56)75(69,70)62-42-66-34-32-58(62)64/h7-34,37-42H,35-36H2,1-2H3. The van der Waals surface area contributed by atoms with Gasteiger partial charge in [-0.2, -0.15) is 0 Å². The highest BCUT2D eigenvalue weighted by molar-refractivity contribution is 7.92. The Morgan fingerprint density at radius 3 is 1.19 bits per heavy atom. The van der Waals surface area contributed by atoms with Gasteiger partial charge in [0.15, 0.2) is 0 Å². The normalized spacial score (nSPS) is 17.4. The van der Waals surface area contributed by atoms with E-state index in [0.717, 1.165) is 43.8 Å². The molecular formula is C64H44N2O7S2. The molecule has 4 heterocycles. The first-order chi connectivity index (χ1) is 36.6. The number of fused-ring (bicyclic) bond motifs is 6. The van der Waals surface area contributed by atoms with Crippen LogP contribution in [0.1, 0.15) is 58.4 Å². The average Bonchev–Trinajstić information content (AvgIpc) is 3.46. The second-order valence-corrected chi connectivity index (χ2v) is 22.0. The summed E-state index contributed by atoms with van der Waals surface area (Å²) in [5.41, 5.74) is 3.62. The van der Waals surface area contributed by atoms with Crippen LogP contribution in [0.4, 0.5) is 0 Å². The van der Waals surface area contributed by atoms with Crippen molar-refractivity contribution in [1.29, 1.82) is 0 Å². The molecule has 8 aromatic carbocycles. The van der Waals surface area contributed by atoms with Crippen molar-refractivity contribution in [3.05, 3.63) is 251 Å². The van der Waals surface area contributed by atoms with Gasteiger partial charge in [0.1, 0.15) is 36.2 Å². The van der Waals surface area contributed by atoms with Crippen molar-refractivity contribution < 1.29 is 31.0 Å². The third-order valence-corrected chi connectivity index (χ3v) is 18.1. The number of benzene rings is 8. The van der Waals surface area contributed by atoms with Gasteiger partial charge >= 0.3 is 0 Å². The van der Waals surface area contributed by atoms with Crippen molar-refractivity contribution in [2.24, 2.45) is 0 Å².